The molecule has 0 saturated carbocycles. The Balaban J connectivity index is 2.51. The van der Waals surface area contributed by atoms with Crippen molar-refractivity contribution < 1.29 is 19.7 Å². The maximum atomic E-state index is 9.73. The predicted octanol–water partition coefficient (Wildman–Crippen LogP) is 3.21. The van der Waals surface area contributed by atoms with Crippen molar-refractivity contribution in [1.29, 1.82) is 0 Å². The van der Waals surface area contributed by atoms with Gasteiger partial charge in [-0.1, -0.05) is 26.0 Å². The number of hydrogen-bond acceptors (Lipinski definition) is 4. The third-order valence-electron chi connectivity index (χ3n) is 2.76. The van der Waals surface area contributed by atoms with Crippen LogP contribution < -0.4 is 0 Å². The van der Waals surface area contributed by atoms with Crippen molar-refractivity contribution in [2.24, 2.45) is 0 Å². The van der Waals surface area contributed by atoms with Crippen LogP contribution in [0.2, 0.25) is 0 Å². The molecular formula is C15H24O4. The third-order valence-corrected chi connectivity index (χ3v) is 2.76. The number of phenolic OH excluding ortho intramolecular Hbond substituents is 2. The highest BCUT2D eigenvalue weighted by Gasteiger charge is 2.12. The van der Waals surface area contributed by atoms with Crippen molar-refractivity contribution in [1.82, 2.24) is 0 Å². The molecule has 0 aromatic heterocycles. The van der Waals surface area contributed by atoms with E-state index >= 15 is 0 Å². The molecule has 4 nitrogen and oxygen atoms in total. The molecule has 0 atom stereocenters. The number of para-hydroxylation sites is 1. The Hall–Kier alpha value is -1.26. The van der Waals surface area contributed by atoms with Crippen LogP contribution >= 0.6 is 0 Å². The zero-order valence-corrected chi connectivity index (χ0v) is 11.8. The smallest absolute Gasteiger partial charge is 0.160 e. The summed E-state index contributed by atoms with van der Waals surface area (Å²) in [6, 6.07) is 4.99. The highest BCUT2D eigenvalue weighted by Crippen LogP contribution is 2.29. The second-order valence-corrected chi connectivity index (χ2v) is 4.49. The van der Waals surface area contributed by atoms with Gasteiger partial charge in [0.15, 0.2) is 17.8 Å². The molecular weight excluding hydrogens is 244 g/mol. The summed E-state index contributed by atoms with van der Waals surface area (Å²) in [6.45, 7) is 5.44. The van der Waals surface area contributed by atoms with Crippen LogP contribution in [0.3, 0.4) is 0 Å². The van der Waals surface area contributed by atoms with Gasteiger partial charge in [-0.15, -0.1) is 0 Å². The van der Waals surface area contributed by atoms with Crippen LogP contribution in [-0.2, 0) is 15.9 Å². The molecule has 0 aliphatic rings. The molecule has 0 fully saturated rings. The Morgan fingerprint density at radius 3 is 2.26 bits per heavy atom. The fraction of sp³-hybridized carbons (Fsp3) is 0.600. The van der Waals surface area contributed by atoms with E-state index in [0.29, 0.717) is 31.6 Å². The van der Waals surface area contributed by atoms with Gasteiger partial charge >= 0.3 is 0 Å². The fourth-order valence-electron chi connectivity index (χ4n) is 1.77. The van der Waals surface area contributed by atoms with E-state index in [1.807, 2.05) is 0 Å². The predicted molar refractivity (Wildman–Crippen MR) is 74.4 cm³/mol. The largest absolute Gasteiger partial charge is 0.504 e. The number of rotatable bonds is 9. The quantitative estimate of drug-likeness (QED) is 0.533. The fourth-order valence-corrected chi connectivity index (χ4v) is 1.77. The van der Waals surface area contributed by atoms with Gasteiger partial charge in [0, 0.05) is 19.6 Å². The van der Waals surface area contributed by atoms with Crippen LogP contribution in [0.15, 0.2) is 18.2 Å². The molecule has 1 aromatic rings. The van der Waals surface area contributed by atoms with Gasteiger partial charge in [-0.25, -0.2) is 0 Å². The molecule has 1 rings (SSSR count). The Bertz CT molecular complexity index is 357. The summed E-state index contributed by atoms with van der Waals surface area (Å²) in [5.74, 6) is -0.134. The van der Waals surface area contributed by atoms with Gasteiger partial charge in [-0.3, -0.25) is 0 Å². The average molecular weight is 268 g/mol. The summed E-state index contributed by atoms with van der Waals surface area (Å²) in [7, 11) is 0. The van der Waals surface area contributed by atoms with Crippen molar-refractivity contribution in [2.45, 2.75) is 45.8 Å². The van der Waals surface area contributed by atoms with Gasteiger partial charge in [0.05, 0.1) is 0 Å². The van der Waals surface area contributed by atoms with E-state index in [0.717, 1.165) is 12.8 Å². The minimum Gasteiger partial charge on any atom is -0.504 e. The van der Waals surface area contributed by atoms with E-state index in [4.69, 9.17) is 9.47 Å². The highest BCUT2D eigenvalue weighted by atomic mass is 16.7. The van der Waals surface area contributed by atoms with Gasteiger partial charge in [0.1, 0.15) is 0 Å². The maximum Gasteiger partial charge on any atom is 0.160 e. The number of aryl methyl sites for hydroxylation is 1. The summed E-state index contributed by atoms with van der Waals surface area (Å²) in [6.07, 6.45) is 2.92. The van der Waals surface area contributed by atoms with Crippen molar-refractivity contribution in [2.75, 3.05) is 13.2 Å². The number of phenols is 2. The molecule has 0 unspecified atom stereocenters. The summed E-state index contributed by atoms with van der Waals surface area (Å²) in [4.78, 5) is 0. The number of aromatic hydroxyl groups is 2. The van der Waals surface area contributed by atoms with Gasteiger partial charge in [0.2, 0.25) is 0 Å². The zero-order valence-electron chi connectivity index (χ0n) is 11.8. The van der Waals surface area contributed by atoms with Crippen molar-refractivity contribution in [3.05, 3.63) is 23.8 Å². The lowest BCUT2D eigenvalue weighted by molar-refractivity contribution is -0.145. The van der Waals surface area contributed by atoms with Gasteiger partial charge in [-0.2, -0.15) is 0 Å². The molecule has 0 saturated heterocycles. The first kappa shape index (κ1) is 15.8. The standard InChI is InChI=1S/C15H24O4/c1-3-10-18-14(19-11-4-2)9-8-12-6-5-7-13(16)15(12)17/h5-7,14,16-17H,3-4,8-11H2,1-2H3. The number of hydrogen-bond donors (Lipinski definition) is 2. The SMILES string of the molecule is CCCOC(CCc1cccc(O)c1O)OCCC. The first-order valence-electron chi connectivity index (χ1n) is 6.92. The molecule has 2 N–H and O–H groups in total. The van der Waals surface area contributed by atoms with E-state index in [1.54, 1.807) is 12.1 Å². The second kappa shape index (κ2) is 8.77. The Kier molecular flexibility index (Phi) is 7.30. The molecule has 19 heavy (non-hydrogen) atoms. The van der Waals surface area contributed by atoms with Crippen LogP contribution in [-0.4, -0.2) is 29.7 Å². The van der Waals surface area contributed by atoms with Gasteiger partial charge < -0.3 is 19.7 Å². The first-order valence-corrected chi connectivity index (χ1v) is 6.92. The van der Waals surface area contributed by atoms with Crippen molar-refractivity contribution in [3.8, 4) is 11.5 Å². The maximum absolute atomic E-state index is 9.73. The summed E-state index contributed by atoms with van der Waals surface area (Å²) in [5.41, 5.74) is 0.713. The van der Waals surface area contributed by atoms with Crippen LogP contribution in [0.4, 0.5) is 0 Å². The van der Waals surface area contributed by atoms with Gasteiger partial charge in [-0.05, 0) is 30.9 Å². The minimum absolute atomic E-state index is 0.0489. The Morgan fingerprint density at radius 2 is 1.68 bits per heavy atom. The average Bonchev–Trinajstić information content (AvgIpc) is 2.42. The zero-order chi connectivity index (χ0) is 14.1. The monoisotopic (exact) mass is 268 g/mol. The molecule has 0 radical (unpaired) electrons. The molecule has 0 spiro atoms. The van der Waals surface area contributed by atoms with E-state index in [-0.39, 0.29) is 17.8 Å². The lowest BCUT2D eigenvalue weighted by atomic mass is 10.1. The molecule has 108 valence electrons. The van der Waals surface area contributed by atoms with Crippen LogP contribution in [0.5, 0.6) is 11.5 Å². The normalized spacial score (nSPS) is 11.1. The molecule has 0 heterocycles. The second-order valence-electron chi connectivity index (χ2n) is 4.49. The number of ether oxygens (including phenoxy) is 2. The first-order chi connectivity index (χ1) is 9.19. The molecule has 1 aromatic carbocycles. The lowest BCUT2D eigenvalue weighted by Gasteiger charge is -2.18. The van der Waals surface area contributed by atoms with E-state index in [2.05, 4.69) is 13.8 Å². The van der Waals surface area contributed by atoms with Crippen LogP contribution in [0.25, 0.3) is 0 Å². The molecule has 4 heteroatoms. The molecule has 0 aliphatic carbocycles. The van der Waals surface area contributed by atoms with E-state index < -0.39 is 0 Å². The molecule has 0 amide bonds. The third kappa shape index (κ3) is 5.49. The van der Waals surface area contributed by atoms with Crippen LogP contribution in [0.1, 0.15) is 38.7 Å². The Labute approximate surface area is 115 Å². The molecule has 0 aliphatic heterocycles. The Morgan fingerprint density at radius 1 is 1.05 bits per heavy atom. The molecule has 0 bridgehead atoms. The lowest BCUT2D eigenvalue weighted by Crippen LogP contribution is -2.19. The van der Waals surface area contributed by atoms with E-state index in [9.17, 15) is 10.2 Å². The highest BCUT2D eigenvalue weighted by molar-refractivity contribution is 5.44. The van der Waals surface area contributed by atoms with Crippen LogP contribution in [0, 0.1) is 0 Å². The van der Waals surface area contributed by atoms with E-state index in [1.165, 1.54) is 6.07 Å². The summed E-state index contributed by atoms with van der Waals surface area (Å²) >= 11 is 0. The van der Waals surface area contributed by atoms with Crippen molar-refractivity contribution in [3.63, 3.8) is 0 Å². The topological polar surface area (TPSA) is 58.9 Å². The summed E-state index contributed by atoms with van der Waals surface area (Å²) < 4.78 is 11.2. The van der Waals surface area contributed by atoms with Crippen molar-refractivity contribution >= 4 is 0 Å². The minimum atomic E-state index is -0.248. The number of benzene rings is 1. The summed E-state index contributed by atoms with van der Waals surface area (Å²) in [5, 5.41) is 19.2. The van der Waals surface area contributed by atoms with Gasteiger partial charge in [0.25, 0.3) is 0 Å².